The van der Waals surface area contributed by atoms with E-state index in [0.717, 1.165) is 10.4 Å². The van der Waals surface area contributed by atoms with E-state index in [0.29, 0.717) is 11.3 Å². The van der Waals surface area contributed by atoms with Crippen molar-refractivity contribution in [2.75, 3.05) is 4.31 Å². The topological polar surface area (TPSA) is 92.1 Å². The molecule has 0 radical (unpaired) electrons. The Morgan fingerprint density at radius 2 is 2.19 bits per heavy atom. The Labute approximate surface area is 121 Å². The van der Waals surface area contributed by atoms with Gasteiger partial charge in [-0.05, 0) is 24.6 Å². The third-order valence-electron chi connectivity index (χ3n) is 3.22. The highest BCUT2D eigenvalue weighted by Crippen LogP contribution is 2.36. The molecule has 3 N–H and O–H groups in total. The Hall–Kier alpha value is -2.19. The molecule has 2 aromatic rings. The van der Waals surface area contributed by atoms with Gasteiger partial charge in [0.1, 0.15) is 10.7 Å². The van der Waals surface area contributed by atoms with E-state index >= 15 is 0 Å². The number of nitrogens with two attached hydrogens (primary N) is 1. The number of nitrogens with zero attached hydrogens (tertiary/aromatic N) is 2. The fourth-order valence-corrected chi connectivity index (χ4v) is 4.11. The zero-order valence-corrected chi connectivity index (χ0v) is 11.9. The second-order valence-electron chi connectivity index (χ2n) is 4.74. The molecule has 0 amide bonds. The summed E-state index contributed by atoms with van der Waals surface area (Å²) in [6.45, 7) is 1.67. The predicted octanol–water partition coefficient (Wildman–Crippen LogP) is 1.45. The molecular formula is C13H13FN4O2S. The third-order valence-corrected chi connectivity index (χ3v) is 5.07. The number of aromatic amines is 1. The van der Waals surface area contributed by atoms with Crippen molar-refractivity contribution in [2.24, 2.45) is 5.73 Å². The minimum Gasteiger partial charge on any atom is -0.323 e. The maximum absolute atomic E-state index is 14.0. The molecule has 21 heavy (non-hydrogen) atoms. The first kappa shape index (κ1) is 13.8. The first-order chi connectivity index (χ1) is 9.93. The second-order valence-corrected chi connectivity index (χ2v) is 6.47. The van der Waals surface area contributed by atoms with E-state index in [1.165, 1.54) is 18.5 Å². The average Bonchev–Trinajstić information content (AvgIpc) is 2.90. The van der Waals surface area contributed by atoms with Gasteiger partial charge in [0.15, 0.2) is 0 Å². The Balaban J connectivity index is 2.34. The molecule has 0 saturated heterocycles. The molecular weight excluding hydrogens is 295 g/mol. The molecule has 3 rings (SSSR count). The Morgan fingerprint density at radius 3 is 2.81 bits per heavy atom. The van der Waals surface area contributed by atoms with Gasteiger partial charge in [-0.25, -0.2) is 17.1 Å². The van der Waals surface area contributed by atoms with Crippen molar-refractivity contribution in [3.8, 4) is 0 Å². The van der Waals surface area contributed by atoms with E-state index in [2.05, 4.69) is 10.2 Å². The first-order valence-corrected chi connectivity index (χ1v) is 7.66. The first-order valence-electron chi connectivity index (χ1n) is 6.22. The van der Waals surface area contributed by atoms with Crippen LogP contribution in [0.1, 0.15) is 12.5 Å². The van der Waals surface area contributed by atoms with E-state index in [1.807, 2.05) is 0 Å². The van der Waals surface area contributed by atoms with Gasteiger partial charge in [-0.3, -0.25) is 5.10 Å². The molecule has 2 heterocycles. The number of aromatic nitrogens is 2. The molecule has 0 saturated carbocycles. The highest BCUT2D eigenvalue weighted by atomic mass is 32.2. The van der Waals surface area contributed by atoms with Crippen LogP contribution in [0.4, 0.5) is 10.1 Å². The van der Waals surface area contributed by atoms with Gasteiger partial charge in [0, 0.05) is 12.2 Å². The second kappa shape index (κ2) is 4.68. The van der Waals surface area contributed by atoms with Crippen molar-refractivity contribution < 1.29 is 12.8 Å². The fourth-order valence-electron chi connectivity index (χ4n) is 2.32. The molecule has 110 valence electrons. The highest BCUT2D eigenvalue weighted by molar-refractivity contribution is 7.93. The Morgan fingerprint density at radius 1 is 1.43 bits per heavy atom. The smallest absolute Gasteiger partial charge is 0.272 e. The molecule has 6 nitrogen and oxygen atoms in total. The molecule has 0 fully saturated rings. The van der Waals surface area contributed by atoms with E-state index in [1.54, 1.807) is 19.1 Å². The van der Waals surface area contributed by atoms with Gasteiger partial charge in [-0.2, -0.15) is 5.10 Å². The number of H-pyrrole nitrogens is 1. The van der Waals surface area contributed by atoms with Crippen LogP contribution in [-0.2, 0) is 10.0 Å². The van der Waals surface area contributed by atoms with E-state index in [4.69, 9.17) is 5.73 Å². The monoisotopic (exact) mass is 308 g/mol. The molecule has 8 heteroatoms. The van der Waals surface area contributed by atoms with E-state index < -0.39 is 21.9 Å². The standard InChI is InChI=1S/C13H13FN4O2S/c1-8(15)12-5-9-3-2-4-11(14)13(9)21(19,20)18(12)10-6-16-17-7-10/h2-8H,15H2,1H3,(H,16,17). The average molecular weight is 308 g/mol. The van der Waals surface area contributed by atoms with E-state index in [9.17, 15) is 12.8 Å². The number of hydrogen-bond donors (Lipinski definition) is 2. The van der Waals surface area contributed by atoms with Crippen molar-refractivity contribution in [3.05, 3.63) is 47.7 Å². The predicted molar refractivity (Wildman–Crippen MR) is 76.3 cm³/mol. The molecule has 1 aromatic heterocycles. The van der Waals surface area contributed by atoms with Crippen LogP contribution in [0.25, 0.3) is 6.08 Å². The lowest BCUT2D eigenvalue weighted by Crippen LogP contribution is -2.40. The van der Waals surface area contributed by atoms with Gasteiger partial charge in [-0.1, -0.05) is 12.1 Å². The molecule has 1 aliphatic rings. The summed E-state index contributed by atoms with van der Waals surface area (Å²) in [5.74, 6) is -0.791. The molecule has 0 aliphatic carbocycles. The van der Waals surface area contributed by atoms with Crippen molar-refractivity contribution in [2.45, 2.75) is 17.9 Å². The van der Waals surface area contributed by atoms with Crippen molar-refractivity contribution in [1.82, 2.24) is 10.2 Å². The van der Waals surface area contributed by atoms with Crippen LogP contribution in [0.15, 0.2) is 41.2 Å². The molecule has 0 spiro atoms. The maximum Gasteiger partial charge on any atom is 0.272 e. The molecule has 1 atom stereocenters. The Kier molecular flexibility index (Phi) is 3.07. The van der Waals surface area contributed by atoms with Gasteiger partial charge in [0.25, 0.3) is 10.0 Å². The van der Waals surface area contributed by atoms with Gasteiger partial charge in [0.2, 0.25) is 0 Å². The van der Waals surface area contributed by atoms with Crippen molar-refractivity contribution in [1.29, 1.82) is 0 Å². The number of sulfonamides is 1. The number of anilines is 1. The molecule has 1 aliphatic heterocycles. The number of hydrogen-bond acceptors (Lipinski definition) is 4. The summed E-state index contributed by atoms with van der Waals surface area (Å²) in [6.07, 6.45) is 4.34. The van der Waals surface area contributed by atoms with Crippen molar-refractivity contribution in [3.63, 3.8) is 0 Å². The summed E-state index contributed by atoms with van der Waals surface area (Å²) < 4.78 is 40.6. The summed E-state index contributed by atoms with van der Waals surface area (Å²) >= 11 is 0. The van der Waals surface area contributed by atoms with Crippen LogP contribution >= 0.6 is 0 Å². The van der Waals surface area contributed by atoms with Crippen LogP contribution < -0.4 is 10.0 Å². The zero-order valence-electron chi connectivity index (χ0n) is 11.1. The van der Waals surface area contributed by atoms with Crippen molar-refractivity contribution >= 4 is 21.8 Å². The number of benzene rings is 1. The number of nitrogens with one attached hydrogen (secondary N) is 1. The van der Waals surface area contributed by atoms with E-state index in [-0.39, 0.29) is 10.6 Å². The van der Waals surface area contributed by atoms with Crippen LogP contribution in [0.2, 0.25) is 0 Å². The quantitative estimate of drug-likeness (QED) is 0.878. The van der Waals surface area contributed by atoms with Gasteiger partial charge in [-0.15, -0.1) is 0 Å². The number of halogens is 1. The molecule has 1 unspecified atom stereocenters. The van der Waals surface area contributed by atoms with Crippen LogP contribution in [0, 0.1) is 5.82 Å². The zero-order chi connectivity index (χ0) is 15.2. The lowest BCUT2D eigenvalue weighted by molar-refractivity contribution is 0.562. The summed E-state index contributed by atoms with van der Waals surface area (Å²) in [7, 11) is -4.08. The lowest BCUT2D eigenvalue weighted by atomic mass is 10.1. The summed E-state index contributed by atoms with van der Waals surface area (Å²) in [5, 5.41) is 6.29. The largest absolute Gasteiger partial charge is 0.323 e. The maximum atomic E-state index is 14.0. The minimum absolute atomic E-state index is 0.285. The fraction of sp³-hybridized carbons (Fsp3) is 0.154. The van der Waals surface area contributed by atoms with Crippen LogP contribution in [-0.4, -0.2) is 24.7 Å². The summed E-state index contributed by atoms with van der Waals surface area (Å²) in [5.41, 5.74) is 6.82. The number of fused-ring (bicyclic) bond motifs is 1. The highest BCUT2D eigenvalue weighted by Gasteiger charge is 2.37. The normalized spacial score (nSPS) is 18.0. The van der Waals surface area contributed by atoms with Crippen LogP contribution in [0.5, 0.6) is 0 Å². The van der Waals surface area contributed by atoms with Gasteiger partial charge in [0.05, 0.1) is 17.6 Å². The summed E-state index contributed by atoms with van der Waals surface area (Å²) in [6, 6.07) is 3.58. The SMILES string of the molecule is CC(N)C1=Cc2cccc(F)c2S(=O)(=O)N1c1cn[nH]c1. The Bertz CT molecular complexity index is 813. The van der Waals surface area contributed by atoms with Gasteiger partial charge < -0.3 is 5.73 Å². The lowest BCUT2D eigenvalue weighted by Gasteiger charge is -2.31. The molecule has 0 bridgehead atoms. The number of rotatable bonds is 2. The summed E-state index contributed by atoms with van der Waals surface area (Å²) in [4.78, 5) is -0.351. The van der Waals surface area contributed by atoms with Gasteiger partial charge >= 0.3 is 0 Å². The minimum atomic E-state index is -4.08. The van der Waals surface area contributed by atoms with Crippen LogP contribution in [0.3, 0.4) is 0 Å². The molecule has 1 aromatic carbocycles. The third kappa shape index (κ3) is 2.03.